The van der Waals surface area contributed by atoms with Gasteiger partial charge in [-0.2, -0.15) is 0 Å². The lowest BCUT2D eigenvalue weighted by Crippen LogP contribution is -2.32. The van der Waals surface area contributed by atoms with E-state index in [9.17, 15) is 9.59 Å². The summed E-state index contributed by atoms with van der Waals surface area (Å²) in [6.45, 7) is 3.54. The molecule has 3 heterocycles. The third kappa shape index (κ3) is 4.26. The van der Waals surface area contributed by atoms with Crippen molar-refractivity contribution < 1.29 is 28.5 Å². The van der Waals surface area contributed by atoms with Gasteiger partial charge < -0.3 is 23.8 Å². The standard InChI is InChI=1S/C20H22N2O6S/c1-12-18(29-11-21-12)19(23)22-7-16-17(8-22)27-10-15(9-26-16)28-14-5-3-13(4-6-14)20(24)25-2/h3-6,11,15-17H,7-10H2,1-2H3/t16-,17-/m0/s1. The monoisotopic (exact) mass is 418 g/mol. The smallest absolute Gasteiger partial charge is 0.337 e. The van der Waals surface area contributed by atoms with Crippen molar-refractivity contribution in [1.29, 1.82) is 0 Å². The van der Waals surface area contributed by atoms with Crippen molar-refractivity contribution in [1.82, 2.24) is 9.88 Å². The van der Waals surface area contributed by atoms with Gasteiger partial charge in [0.1, 0.15) is 28.9 Å². The van der Waals surface area contributed by atoms with Crippen LogP contribution in [0, 0.1) is 6.92 Å². The van der Waals surface area contributed by atoms with Crippen molar-refractivity contribution in [2.24, 2.45) is 0 Å². The van der Waals surface area contributed by atoms with Crippen LogP contribution in [0.4, 0.5) is 0 Å². The molecular formula is C20H22N2O6S. The van der Waals surface area contributed by atoms with Gasteiger partial charge >= 0.3 is 5.97 Å². The van der Waals surface area contributed by atoms with Gasteiger partial charge in [0.05, 0.1) is 37.1 Å². The number of thiazole rings is 1. The molecule has 2 aromatic rings. The molecule has 1 aromatic heterocycles. The van der Waals surface area contributed by atoms with Crippen LogP contribution in [0.2, 0.25) is 0 Å². The number of rotatable bonds is 4. The maximum Gasteiger partial charge on any atom is 0.337 e. The molecule has 1 aromatic carbocycles. The van der Waals surface area contributed by atoms with E-state index >= 15 is 0 Å². The van der Waals surface area contributed by atoms with Crippen molar-refractivity contribution in [2.75, 3.05) is 33.4 Å². The molecule has 154 valence electrons. The number of benzene rings is 1. The Balaban J connectivity index is 1.32. The van der Waals surface area contributed by atoms with Gasteiger partial charge in [-0.15, -0.1) is 11.3 Å². The molecule has 9 heteroatoms. The molecule has 1 amide bonds. The minimum absolute atomic E-state index is 0.0243. The molecule has 2 atom stereocenters. The molecule has 0 aliphatic carbocycles. The largest absolute Gasteiger partial charge is 0.486 e. The Kier molecular flexibility index (Phi) is 5.79. The first-order chi connectivity index (χ1) is 14.0. The summed E-state index contributed by atoms with van der Waals surface area (Å²) >= 11 is 1.35. The second-order valence-electron chi connectivity index (χ2n) is 6.98. The Morgan fingerprint density at radius 1 is 1.14 bits per heavy atom. The molecule has 4 rings (SSSR count). The highest BCUT2D eigenvalue weighted by molar-refractivity contribution is 7.11. The van der Waals surface area contributed by atoms with Crippen LogP contribution in [0.3, 0.4) is 0 Å². The van der Waals surface area contributed by atoms with E-state index in [0.29, 0.717) is 42.5 Å². The number of aromatic nitrogens is 1. The van der Waals surface area contributed by atoms with E-state index in [1.54, 1.807) is 34.7 Å². The van der Waals surface area contributed by atoms with Crippen molar-refractivity contribution in [3.63, 3.8) is 0 Å². The van der Waals surface area contributed by atoms with Crippen molar-refractivity contribution in [3.05, 3.63) is 45.9 Å². The van der Waals surface area contributed by atoms with E-state index in [4.69, 9.17) is 18.9 Å². The number of methoxy groups -OCH3 is 1. The summed E-state index contributed by atoms with van der Waals surface area (Å²) in [5.41, 5.74) is 2.90. The van der Waals surface area contributed by atoms with Gasteiger partial charge in [-0.1, -0.05) is 0 Å². The van der Waals surface area contributed by atoms with Crippen LogP contribution in [-0.2, 0) is 14.2 Å². The van der Waals surface area contributed by atoms with Gasteiger partial charge in [0.15, 0.2) is 0 Å². The zero-order valence-electron chi connectivity index (χ0n) is 16.2. The first kappa shape index (κ1) is 19.8. The fourth-order valence-corrected chi connectivity index (χ4v) is 4.21. The van der Waals surface area contributed by atoms with Crippen molar-refractivity contribution >= 4 is 23.2 Å². The van der Waals surface area contributed by atoms with Gasteiger partial charge in [-0.05, 0) is 31.2 Å². The third-order valence-electron chi connectivity index (χ3n) is 5.01. The van der Waals surface area contributed by atoms with Crippen LogP contribution in [0.15, 0.2) is 29.8 Å². The molecular weight excluding hydrogens is 396 g/mol. The lowest BCUT2D eigenvalue weighted by atomic mass is 10.2. The van der Waals surface area contributed by atoms with Crippen molar-refractivity contribution in [2.45, 2.75) is 25.2 Å². The highest BCUT2D eigenvalue weighted by Gasteiger charge is 2.40. The molecule has 29 heavy (non-hydrogen) atoms. The quantitative estimate of drug-likeness (QED) is 0.701. The number of carbonyl (C=O) groups is 2. The van der Waals surface area contributed by atoms with Crippen LogP contribution in [-0.4, -0.2) is 73.5 Å². The first-order valence-corrected chi connectivity index (χ1v) is 10.2. The minimum atomic E-state index is -0.391. The average Bonchev–Trinajstić information content (AvgIpc) is 3.31. The Morgan fingerprint density at radius 2 is 1.79 bits per heavy atom. The van der Waals surface area contributed by atoms with E-state index in [0.717, 1.165) is 5.69 Å². The maximum atomic E-state index is 12.7. The number of carbonyl (C=O) groups excluding carboxylic acids is 2. The summed E-state index contributed by atoms with van der Waals surface area (Å²) in [7, 11) is 1.34. The molecule has 2 aliphatic heterocycles. The number of aryl methyl sites for hydroxylation is 1. The lowest BCUT2D eigenvalue weighted by molar-refractivity contribution is -0.00461. The zero-order valence-corrected chi connectivity index (χ0v) is 17.0. The molecule has 0 spiro atoms. The zero-order chi connectivity index (χ0) is 20.4. The maximum absolute atomic E-state index is 12.7. The normalized spacial score (nSPS) is 22.1. The van der Waals surface area contributed by atoms with Crippen LogP contribution in [0.25, 0.3) is 0 Å². The van der Waals surface area contributed by atoms with Gasteiger partial charge in [0, 0.05) is 13.1 Å². The second-order valence-corrected chi connectivity index (χ2v) is 7.83. The van der Waals surface area contributed by atoms with Gasteiger partial charge in [-0.3, -0.25) is 4.79 Å². The number of esters is 1. The molecule has 2 saturated heterocycles. The number of amides is 1. The van der Waals surface area contributed by atoms with E-state index in [-0.39, 0.29) is 24.2 Å². The average molecular weight is 418 g/mol. The molecule has 8 nitrogen and oxygen atoms in total. The highest BCUT2D eigenvalue weighted by atomic mass is 32.1. The molecule has 0 bridgehead atoms. The number of hydrogen-bond donors (Lipinski definition) is 0. The predicted octanol–water partition coefficient (Wildman–Crippen LogP) is 1.93. The number of fused-ring (bicyclic) bond motifs is 1. The summed E-state index contributed by atoms with van der Waals surface area (Å²) in [5.74, 6) is 0.210. The predicted molar refractivity (Wildman–Crippen MR) is 104 cm³/mol. The van der Waals surface area contributed by atoms with Crippen LogP contribution >= 0.6 is 11.3 Å². The van der Waals surface area contributed by atoms with Crippen LogP contribution in [0.5, 0.6) is 5.75 Å². The van der Waals surface area contributed by atoms with E-state index in [1.165, 1.54) is 18.4 Å². The molecule has 0 saturated carbocycles. The number of ether oxygens (including phenoxy) is 4. The Morgan fingerprint density at radius 3 is 2.34 bits per heavy atom. The summed E-state index contributed by atoms with van der Waals surface area (Å²) in [5, 5.41) is 0. The number of nitrogens with zero attached hydrogens (tertiary/aromatic N) is 2. The van der Waals surface area contributed by atoms with E-state index < -0.39 is 5.97 Å². The second kappa shape index (κ2) is 8.48. The summed E-state index contributed by atoms with van der Waals surface area (Å²) in [6.07, 6.45) is -0.623. The highest BCUT2D eigenvalue weighted by Crippen LogP contribution is 2.25. The van der Waals surface area contributed by atoms with Crippen LogP contribution < -0.4 is 4.74 Å². The summed E-state index contributed by atoms with van der Waals surface area (Å²) in [6, 6.07) is 6.74. The lowest BCUT2D eigenvalue weighted by Gasteiger charge is -2.19. The van der Waals surface area contributed by atoms with Gasteiger partial charge in [-0.25, -0.2) is 9.78 Å². The fraction of sp³-hybridized carbons (Fsp3) is 0.450. The van der Waals surface area contributed by atoms with Gasteiger partial charge in [0.25, 0.3) is 5.91 Å². The van der Waals surface area contributed by atoms with Crippen LogP contribution in [0.1, 0.15) is 25.7 Å². The Bertz CT molecular complexity index is 867. The molecule has 2 fully saturated rings. The SMILES string of the molecule is COC(=O)c1ccc(OC2CO[C@H]3CN(C(=O)c4scnc4C)C[C@@H]3OC2)cc1. The minimum Gasteiger partial charge on any atom is -0.486 e. The Labute approximate surface area is 172 Å². The summed E-state index contributed by atoms with van der Waals surface area (Å²) < 4.78 is 22.6. The topological polar surface area (TPSA) is 87.2 Å². The molecule has 0 N–H and O–H groups in total. The van der Waals surface area contributed by atoms with Gasteiger partial charge in [0.2, 0.25) is 0 Å². The molecule has 0 radical (unpaired) electrons. The molecule has 0 unspecified atom stereocenters. The Hall–Kier alpha value is -2.49. The van der Waals surface area contributed by atoms with E-state index in [2.05, 4.69) is 4.98 Å². The summed E-state index contributed by atoms with van der Waals surface area (Å²) in [4.78, 5) is 30.8. The first-order valence-electron chi connectivity index (χ1n) is 9.32. The van der Waals surface area contributed by atoms with Crippen molar-refractivity contribution in [3.8, 4) is 5.75 Å². The van der Waals surface area contributed by atoms with E-state index in [1.807, 2.05) is 6.92 Å². The number of hydrogen-bond acceptors (Lipinski definition) is 8. The fourth-order valence-electron chi connectivity index (χ4n) is 3.44. The third-order valence-corrected chi connectivity index (χ3v) is 5.93. The molecule has 2 aliphatic rings. The number of likely N-dealkylation sites (tertiary alicyclic amines) is 1.